The van der Waals surface area contributed by atoms with E-state index in [0.717, 1.165) is 39.0 Å². The summed E-state index contributed by atoms with van der Waals surface area (Å²) in [5.41, 5.74) is 4.62. The smallest absolute Gasteiger partial charge is 0.163 e. The Morgan fingerprint density at radius 3 is 2.52 bits per heavy atom. The minimum Gasteiger partial charge on any atom is -0.373 e. The Hall–Kier alpha value is -2.69. The molecular formula is C21H16Cl2N4. The van der Waals surface area contributed by atoms with Crippen LogP contribution in [0.15, 0.2) is 54.9 Å². The lowest BCUT2D eigenvalue weighted by Gasteiger charge is -2.14. The number of fused-ring (bicyclic) bond motifs is 1. The van der Waals surface area contributed by atoms with Gasteiger partial charge in [0, 0.05) is 36.0 Å². The molecule has 0 atom stereocenters. The van der Waals surface area contributed by atoms with Crippen LogP contribution in [0, 0.1) is 6.92 Å². The van der Waals surface area contributed by atoms with Gasteiger partial charge in [0.25, 0.3) is 0 Å². The van der Waals surface area contributed by atoms with E-state index in [-0.39, 0.29) is 0 Å². The van der Waals surface area contributed by atoms with E-state index in [9.17, 15) is 0 Å². The Labute approximate surface area is 167 Å². The highest BCUT2D eigenvalue weighted by molar-refractivity contribution is 6.43. The first-order chi connectivity index (χ1) is 13.1. The van der Waals surface area contributed by atoms with Crippen LogP contribution >= 0.6 is 23.2 Å². The zero-order valence-electron chi connectivity index (χ0n) is 14.8. The Morgan fingerprint density at radius 1 is 0.926 bits per heavy atom. The average Bonchev–Trinajstić information content (AvgIpc) is 2.71. The number of hydrogen-bond acceptors (Lipinski definition) is 4. The molecule has 2 heterocycles. The normalized spacial score (nSPS) is 11.0. The van der Waals surface area contributed by atoms with Gasteiger partial charge in [-0.15, -0.1) is 0 Å². The van der Waals surface area contributed by atoms with Crippen molar-refractivity contribution in [2.45, 2.75) is 6.92 Å². The van der Waals surface area contributed by atoms with E-state index in [4.69, 9.17) is 28.2 Å². The third kappa shape index (κ3) is 3.11. The lowest BCUT2D eigenvalue weighted by Crippen LogP contribution is -2.01. The molecule has 0 fully saturated rings. The van der Waals surface area contributed by atoms with Gasteiger partial charge in [-0.2, -0.15) is 0 Å². The van der Waals surface area contributed by atoms with E-state index in [2.05, 4.69) is 15.3 Å². The standard InChI is InChI=1S/C21H16Cl2N4/c1-12-14(15-6-3-7-17(22)18(15)23)8-9-16-19(12)26-20(27-21(16)24-2)13-5-4-10-25-11-13/h3-11H,1-2H3,(H,24,26,27). The first-order valence-electron chi connectivity index (χ1n) is 8.44. The van der Waals surface area contributed by atoms with E-state index >= 15 is 0 Å². The van der Waals surface area contributed by atoms with Crippen molar-refractivity contribution in [1.82, 2.24) is 15.0 Å². The second-order valence-electron chi connectivity index (χ2n) is 6.12. The Kier molecular flexibility index (Phi) is 4.68. The van der Waals surface area contributed by atoms with Crippen molar-refractivity contribution in [1.29, 1.82) is 0 Å². The van der Waals surface area contributed by atoms with Crippen molar-refractivity contribution < 1.29 is 0 Å². The van der Waals surface area contributed by atoms with Crippen LogP contribution in [0.1, 0.15) is 5.56 Å². The highest BCUT2D eigenvalue weighted by Crippen LogP contribution is 2.38. The number of anilines is 1. The number of aryl methyl sites for hydroxylation is 1. The number of benzene rings is 2. The number of aromatic nitrogens is 3. The van der Waals surface area contributed by atoms with Gasteiger partial charge in [-0.25, -0.2) is 9.97 Å². The van der Waals surface area contributed by atoms with Crippen LogP contribution in [0.2, 0.25) is 10.0 Å². The van der Waals surface area contributed by atoms with Crippen molar-refractivity contribution in [3.63, 3.8) is 0 Å². The zero-order chi connectivity index (χ0) is 19.0. The molecule has 6 heteroatoms. The molecule has 0 saturated carbocycles. The molecule has 0 aliphatic heterocycles. The Balaban J connectivity index is 2.00. The molecule has 0 bridgehead atoms. The molecule has 0 spiro atoms. The fraction of sp³-hybridized carbons (Fsp3) is 0.0952. The number of pyridine rings is 1. The summed E-state index contributed by atoms with van der Waals surface area (Å²) in [4.78, 5) is 13.7. The summed E-state index contributed by atoms with van der Waals surface area (Å²) in [6.07, 6.45) is 3.49. The molecule has 0 amide bonds. The first-order valence-corrected chi connectivity index (χ1v) is 9.19. The van der Waals surface area contributed by atoms with Gasteiger partial charge in [0.05, 0.1) is 15.6 Å². The summed E-state index contributed by atoms with van der Waals surface area (Å²) in [6, 6.07) is 13.5. The maximum Gasteiger partial charge on any atom is 0.163 e. The van der Waals surface area contributed by atoms with Gasteiger partial charge in [0.15, 0.2) is 5.82 Å². The topological polar surface area (TPSA) is 50.7 Å². The SMILES string of the molecule is CNc1nc(-c2cccnc2)nc2c(C)c(-c3cccc(Cl)c3Cl)ccc12. The summed E-state index contributed by atoms with van der Waals surface area (Å²) < 4.78 is 0. The van der Waals surface area contributed by atoms with Gasteiger partial charge in [-0.1, -0.05) is 41.4 Å². The molecule has 2 aromatic carbocycles. The zero-order valence-corrected chi connectivity index (χ0v) is 16.3. The highest BCUT2D eigenvalue weighted by atomic mass is 35.5. The van der Waals surface area contributed by atoms with Gasteiger partial charge in [0.2, 0.25) is 0 Å². The number of hydrogen-bond donors (Lipinski definition) is 1. The summed E-state index contributed by atoms with van der Waals surface area (Å²) in [5.74, 6) is 1.39. The maximum atomic E-state index is 6.45. The van der Waals surface area contributed by atoms with Gasteiger partial charge in [-0.05, 0) is 42.3 Å². The summed E-state index contributed by atoms with van der Waals surface area (Å²) >= 11 is 12.7. The predicted molar refractivity (Wildman–Crippen MR) is 113 cm³/mol. The van der Waals surface area contributed by atoms with E-state index in [0.29, 0.717) is 15.9 Å². The monoisotopic (exact) mass is 394 g/mol. The Bertz CT molecular complexity index is 1140. The van der Waals surface area contributed by atoms with Crippen LogP contribution in [0.5, 0.6) is 0 Å². The molecule has 2 aromatic heterocycles. The molecule has 4 nitrogen and oxygen atoms in total. The second-order valence-corrected chi connectivity index (χ2v) is 6.91. The quantitative estimate of drug-likeness (QED) is 0.461. The van der Waals surface area contributed by atoms with E-state index in [1.54, 1.807) is 18.5 Å². The molecule has 0 saturated heterocycles. The number of nitrogens with one attached hydrogen (secondary N) is 1. The van der Waals surface area contributed by atoms with Crippen LogP contribution in [0.25, 0.3) is 33.4 Å². The van der Waals surface area contributed by atoms with Crippen molar-refractivity contribution in [3.8, 4) is 22.5 Å². The molecule has 0 radical (unpaired) electrons. The number of nitrogens with zero attached hydrogens (tertiary/aromatic N) is 3. The fourth-order valence-corrected chi connectivity index (χ4v) is 3.55. The maximum absolute atomic E-state index is 6.45. The van der Waals surface area contributed by atoms with Gasteiger partial charge < -0.3 is 5.32 Å². The summed E-state index contributed by atoms with van der Waals surface area (Å²) in [6.45, 7) is 2.04. The molecule has 27 heavy (non-hydrogen) atoms. The van der Waals surface area contributed by atoms with Crippen molar-refractivity contribution in [2.75, 3.05) is 12.4 Å². The van der Waals surface area contributed by atoms with Crippen molar-refractivity contribution in [3.05, 3.63) is 70.5 Å². The minimum absolute atomic E-state index is 0.531. The molecule has 4 rings (SSSR count). The van der Waals surface area contributed by atoms with Crippen molar-refractivity contribution in [2.24, 2.45) is 0 Å². The third-order valence-electron chi connectivity index (χ3n) is 4.52. The van der Waals surface area contributed by atoms with Crippen LogP contribution < -0.4 is 5.32 Å². The molecule has 134 valence electrons. The van der Waals surface area contributed by atoms with Crippen LogP contribution in [-0.2, 0) is 0 Å². The average molecular weight is 395 g/mol. The largest absolute Gasteiger partial charge is 0.373 e. The number of halogens is 2. The van der Waals surface area contributed by atoms with Crippen LogP contribution in [-0.4, -0.2) is 22.0 Å². The molecule has 4 aromatic rings. The van der Waals surface area contributed by atoms with E-state index in [1.165, 1.54) is 0 Å². The summed E-state index contributed by atoms with van der Waals surface area (Å²) in [7, 11) is 1.85. The van der Waals surface area contributed by atoms with Gasteiger partial charge in [-0.3, -0.25) is 4.98 Å². The number of rotatable bonds is 3. The highest BCUT2D eigenvalue weighted by Gasteiger charge is 2.15. The van der Waals surface area contributed by atoms with Gasteiger partial charge >= 0.3 is 0 Å². The Morgan fingerprint density at radius 2 is 1.78 bits per heavy atom. The van der Waals surface area contributed by atoms with Crippen LogP contribution in [0.4, 0.5) is 5.82 Å². The molecular weight excluding hydrogens is 379 g/mol. The molecule has 0 unspecified atom stereocenters. The molecule has 0 aliphatic carbocycles. The predicted octanol–water partition coefficient (Wildman–Crippen LogP) is 6.02. The molecule has 0 aliphatic rings. The van der Waals surface area contributed by atoms with Crippen LogP contribution in [0.3, 0.4) is 0 Å². The molecule has 1 N–H and O–H groups in total. The van der Waals surface area contributed by atoms with Crippen molar-refractivity contribution >= 4 is 39.9 Å². The summed E-state index contributed by atoms with van der Waals surface area (Å²) in [5, 5.41) is 5.19. The first kappa shape index (κ1) is 17.7. The van der Waals surface area contributed by atoms with Gasteiger partial charge in [0.1, 0.15) is 5.82 Å². The van der Waals surface area contributed by atoms with E-state index < -0.39 is 0 Å². The minimum atomic E-state index is 0.531. The second kappa shape index (κ2) is 7.14. The van der Waals surface area contributed by atoms with E-state index in [1.807, 2.05) is 50.4 Å². The lowest BCUT2D eigenvalue weighted by atomic mass is 9.97. The third-order valence-corrected chi connectivity index (χ3v) is 5.34. The fourth-order valence-electron chi connectivity index (χ4n) is 3.15. The lowest BCUT2D eigenvalue weighted by molar-refractivity contribution is 1.19.